The predicted octanol–water partition coefficient (Wildman–Crippen LogP) is 2.48. The summed E-state index contributed by atoms with van der Waals surface area (Å²) >= 11 is 0. The zero-order chi connectivity index (χ0) is 20.9. The van der Waals surface area contributed by atoms with E-state index in [4.69, 9.17) is 4.74 Å². The number of para-hydroxylation sites is 2. The number of nitrogens with zero attached hydrogens (tertiary/aromatic N) is 3. The number of nitrogens with one attached hydrogen (secondary N) is 1. The minimum atomic E-state index is -0.754. The van der Waals surface area contributed by atoms with E-state index in [0.717, 1.165) is 11.1 Å². The van der Waals surface area contributed by atoms with Crippen molar-refractivity contribution in [1.29, 1.82) is 0 Å². The molecule has 2 amide bonds. The summed E-state index contributed by atoms with van der Waals surface area (Å²) in [5, 5.41) is 6.93. The summed E-state index contributed by atoms with van der Waals surface area (Å²) in [6.07, 6.45) is 6.07. The first-order valence-corrected chi connectivity index (χ1v) is 9.67. The van der Waals surface area contributed by atoms with Crippen LogP contribution >= 0.6 is 0 Å². The predicted molar refractivity (Wildman–Crippen MR) is 114 cm³/mol. The van der Waals surface area contributed by atoms with Crippen LogP contribution in [0.4, 0.5) is 5.69 Å². The summed E-state index contributed by atoms with van der Waals surface area (Å²) in [6, 6.07) is 17.2. The number of carbonyl (C=O) groups excluding carboxylic acids is 2. The quantitative estimate of drug-likeness (QED) is 0.666. The van der Waals surface area contributed by atoms with Gasteiger partial charge in [-0.25, -0.2) is 0 Å². The van der Waals surface area contributed by atoms with Gasteiger partial charge in [-0.05, 0) is 23.8 Å². The number of ether oxygens (including phenoxy) is 1. The molecular formula is C23H22N4O3. The molecule has 0 fully saturated rings. The van der Waals surface area contributed by atoms with Gasteiger partial charge in [0.05, 0.1) is 25.0 Å². The van der Waals surface area contributed by atoms with Gasteiger partial charge in [-0.15, -0.1) is 0 Å². The molecule has 7 nitrogen and oxygen atoms in total. The van der Waals surface area contributed by atoms with Crippen molar-refractivity contribution in [2.45, 2.75) is 12.6 Å². The second-order valence-electron chi connectivity index (χ2n) is 6.93. The fraction of sp³-hybridized carbons (Fsp3) is 0.174. The Morgan fingerprint density at radius 2 is 1.93 bits per heavy atom. The molecule has 1 aromatic heterocycles. The Morgan fingerprint density at radius 3 is 2.73 bits per heavy atom. The van der Waals surface area contributed by atoms with E-state index in [1.807, 2.05) is 53.3 Å². The lowest BCUT2D eigenvalue weighted by Crippen LogP contribution is -2.49. The number of rotatable bonds is 5. The molecular weight excluding hydrogens is 380 g/mol. The zero-order valence-corrected chi connectivity index (χ0v) is 16.6. The molecule has 2 aromatic carbocycles. The van der Waals surface area contributed by atoms with Crippen LogP contribution in [0.3, 0.4) is 0 Å². The number of hydrogen-bond acceptors (Lipinski definition) is 4. The lowest BCUT2D eigenvalue weighted by atomic mass is 10.1. The lowest BCUT2D eigenvalue weighted by molar-refractivity contribution is -0.127. The summed E-state index contributed by atoms with van der Waals surface area (Å²) in [6.45, 7) is 0.806. The van der Waals surface area contributed by atoms with E-state index in [1.54, 1.807) is 36.4 Å². The van der Waals surface area contributed by atoms with E-state index in [2.05, 4.69) is 10.4 Å². The van der Waals surface area contributed by atoms with Gasteiger partial charge >= 0.3 is 0 Å². The average molecular weight is 402 g/mol. The van der Waals surface area contributed by atoms with E-state index >= 15 is 0 Å². The Balaban J connectivity index is 1.49. The van der Waals surface area contributed by atoms with Crippen LogP contribution in [0.5, 0.6) is 5.75 Å². The number of carbonyl (C=O) groups is 2. The summed E-state index contributed by atoms with van der Waals surface area (Å²) < 4.78 is 7.57. The van der Waals surface area contributed by atoms with Gasteiger partial charge in [-0.1, -0.05) is 42.5 Å². The highest BCUT2D eigenvalue weighted by molar-refractivity contribution is 6.05. The van der Waals surface area contributed by atoms with Crippen molar-refractivity contribution in [2.24, 2.45) is 0 Å². The van der Waals surface area contributed by atoms with Crippen LogP contribution in [0.2, 0.25) is 0 Å². The molecule has 0 radical (unpaired) electrons. The van der Waals surface area contributed by atoms with Crippen molar-refractivity contribution >= 4 is 23.6 Å². The van der Waals surface area contributed by atoms with Gasteiger partial charge in [0.1, 0.15) is 5.75 Å². The smallest absolute Gasteiger partial charge is 0.262 e. The first kappa shape index (κ1) is 19.4. The number of aromatic nitrogens is 2. The first-order chi connectivity index (χ1) is 14.6. The number of anilines is 1. The number of likely N-dealkylation sites (N-methyl/N-ethyl adjacent to an activating group) is 1. The van der Waals surface area contributed by atoms with E-state index in [-0.39, 0.29) is 18.4 Å². The summed E-state index contributed by atoms with van der Waals surface area (Å²) in [4.78, 5) is 26.5. The minimum Gasteiger partial charge on any atom is -0.477 e. The normalized spacial score (nSPS) is 15.5. The van der Waals surface area contributed by atoms with Gasteiger partial charge in [-0.3, -0.25) is 14.3 Å². The number of amides is 2. The van der Waals surface area contributed by atoms with Gasteiger partial charge in [0, 0.05) is 24.9 Å². The molecule has 0 aliphatic carbocycles. The molecule has 3 aromatic rings. The molecule has 152 valence electrons. The molecule has 30 heavy (non-hydrogen) atoms. The SMILES string of the molecule is CNC(=O)[C@H]1CN(C(=O)/C=C/c2cnn(Cc3ccccc3)c2)c2ccccc2O1. The second kappa shape index (κ2) is 8.65. The van der Waals surface area contributed by atoms with Crippen LogP contribution in [0.15, 0.2) is 73.1 Å². The fourth-order valence-corrected chi connectivity index (χ4v) is 3.32. The molecule has 1 N–H and O–H groups in total. The standard InChI is InChI=1S/C23H22N4O3/c1-24-23(29)21-16-27(19-9-5-6-10-20(19)30-21)22(28)12-11-18-13-25-26(15-18)14-17-7-3-2-4-8-17/h2-13,15,21H,14,16H2,1H3,(H,24,29)/b12-11+/t21-/m1/s1. The van der Waals surface area contributed by atoms with Crippen LogP contribution in [-0.4, -0.2) is 41.3 Å². The second-order valence-corrected chi connectivity index (χ2v) is 6.93. The molecule has 1 aliphatic rings. The van der Waals surface area contributed by atoms with E-state index in [1.165, 1.54) is 6.08 Å². The number of fused-ring (bicyclic) bond motifs is 1. The average Bonchev–Trinajstić information content (AvgIpc) is 3.24. The molecule has 0 saturated carbocycles. The third kappa shape index (κ3) is 4.25. The number of hydrogen-bond donors (Lipinski definition) is 1. The molecule has 1 atom stereocenters. The Hall–Kier alpha value is -3.87. The summed E-state index contributed by atoms with van der Waals surface area (Å²) in [7, 11) is 1.55. The maximum atomic E-state index is 12.9. The molecule has 0 saturated heterocycles. The highest BCUT2D eigenvalue weighted by atomic mass is 16.5. The maximum Gasteiger partial charge on any atom is 0.262 e. The van der Waals surface area contributed by atoms with Gasteiger partial charge in [0.2, 0.25) is 0 Å². The van der Waals surface area contributed by atoms with E-state index < -0.39 is 6.10 Å². The fourth-order valence-electron chi connectivity index (χ4n) is 3.32. The van der Waals surface area contributed by atoms with Crippen LogP contribution < -0.4 is 15.0 Å². The van der Waals surface area contributed by atoms with E-state index in [0.29, 0.717) is 18.0 Å². The van der Waals surface area contributed by atoms with Crippen molar-refractivity contribution in [3.8, 4) is 5.75 Å². The molecule has 2 heterocycles. The Bertz CT molecular complexity index is 1070. The number of benzene rings is 2. The third-order valence-electron chi connectivity index (χ3n) is 4.84. The van der Waals surface area contributed by atoms with Gasteiger partial charge < -0.3 is 15.0 Å². The zero-order valence-electron chi connectivity index (χ0n) is 16.6. The third-order valence-corrected chi connectivity index (χ3v) is 4.84. The highest BCUT2D eigenvalue weighted by Gasteiger charge is 2.32. The molecule has 0 spiro atoms. The largest absolute Gasteiger partial charge is 0.477 e. The Labute approximate surface area is 174 Å². The summed E-state index contributed by atoms with van der Waals surface area (Å²) in [5.41, 5.74) is 2.62. The van der Waals surface area contributed by atoms with Crippen molar-refractivity contribution in [1.82, 2.24) is 15.1 Å². The van der Waals surface area contributed by atoms with Crippen molar-refractivity contribution in [3.05, 3.63) is 84.2 Å². The summed E-state index contributed by atoms with van der Waals surface area (Å²) in [5.74, 6) is 0.0127. The molecule has 4 rings (SSSR count). The van der Waals surface area contributed by atoms with Crippen LogP contribution in [0.1, 0.15) is 11.1 Å². The first-order valence-electron chi connectivity index (χ1n) is 9.67. The molecule has 7 heteroatoms. The Morgan fingerprint density at radius 1 is 1.17 bits per heavy atom. The van der Waals surface area contributed by atoms with Gasteiger partial charge in [0.25, 0.3) is 11.8 Å². The lowest BCUT2D eigenvalue weighted by Gasteiger charge is -2.33. The minimum absolute atomic E-state index is 0.146. The topological polar surface area (TPSA) is 76.5 Å². The van der Waals surface area contributed by atoms with Crippen LogP contribution in [0.25, 0.3) is 6.08 Å². The van der Waals surface area contributed by atoms with Gasteiger partial charge in [-0.2, -0.15) is 5.10 Å². The van der Waals surface area contributed by atoms with Gasteiger partial charge in [0.15, 0.2) is 6.10 Å². The highest BCUT2D eigenvalue weighted by Crippen LogP contribution is 2.33. The van der Waals surface area contributed by atoms with E-state index in [9.17, 15) is 9.59 Å². The van der Waals surface area contributed by atoms with Crippen molar-refractivity contribution in [2.75, 3.05) is 18.5 Å². The monoisotopic (exact) mass is 402 g/mol. The van der Waals surface area contributed by atoms with Crippen LogP contribution in [0, 0.1) is 0 Å². The maximum absolute atomic E-state index is 12.9. The van der Waals surface area contributed by atoms with Crippen molar-refractivity contribution < 1.29 is 14.3 Å². The molecule has 1 aliphatic heterocycles. The van der Waals surface area contributed by atoms with Crippen molar-refractivity contribution in [3.63, 3.8) is 0 Å². The Kier molecular flexibility index (Phi) is 5.61. The molecule has 0 bridgehead atoms. The van der Waals surface area contributed by atoms with Crippen LogP contribution in [-0.2, 0) is 16.1 Å². The molecule has 0 unspecified atom stereocenters.